The molecule has 10 aromatic carbocycles. The summed E-state index contributed by atoms with van der Waals surface area (Å²) in [5.74, 6) is 0. The third-order valence-electron chi connectivity index (χ3n) is 12.3. The van der Waals surface area contributed by atoms with Gasteiger partial charge in [-0.2, -0.15) is 0 Å². The predicted octanol–water partition coefficient (Wildman–Crippen LogP) is 14.7. The van der Waals surface area contributed by atoms with E-state index in [4.69, 9.17) is 4.42 Å². The Balaban J connectivity index is 1.15. The minimum Gasteiger partial charge on any atom is -0.456 e. The summed E-state index contributed by atoms with van der Waals surface area (Å²) in [6.45, 7) is 0. The molecule has 260 valence electrons. The van der Waals surface area contributed by atoms with Crippen LogP contribution in [0.25, 0.3) is 87.6 Å². The van der Waals surface area contributed by atoms with Gasteiger partial charge in [0, 0.05) is 10.8 Å². The smallest absolute Gasteiger partial charge is 0.136 e. The third-order valence-corrected chi connectivity index (χ3v) is 12.3. The molecule has 1 aliphatic carbocycles. The molecule has 0 radical (unpaired) electrons. The van der Waals surface area contributed by atoms with E-state index in [1.165, 1.54) is 88.0 Å². The maximum absolute atomic E-state index is 6.56. The highest BCUT2D eigenvalue weighted by Crippen LogP contribution is 2.58. The van der Waals surface area contributed by atoms with E-state index < -0.39 is 5.41 Å². The molecule has 12 rings (SSSR count). The van der Waals surface area contributed by atoms with Crippen LogP contribution in [0.2, 0.25) is 0 Å². The van der Waals surface area contributed by atoms with Crippen LogP contribution < -0.4 is 0 Å². The van der Waals surface area contributed by atoms with Crippen molar-refractivity contribution in [1.82, 2.24) is 0 Å². The molecule has 0 amide bonds. The van der Waals surface area contributed by atoms with Gasteiger partial charge in [0.2, 0.25) is 0 Å². The van der Waals surface area contributed by atoms with Gasteiger partial charge in [0.15, 0.2) is 0 Å². The lowest BCUT2D eigenvalue weighted by Gasteiger charge is -2.34. The van der Waals surface area contributed by atoms with E-state index in [2.05, 4.69) is 206 Å². The van der Waals surface area contributed by atoms with Crippen molar-refractivity contribution in [2.75, 3.05) is 0 Å². The Morgan fingerprint density at radius 1 is 0.304 bits per heavy atom. The van der Waals surface area contributed by atoms with Crippen LogP contribution in [-0.2, 0) is 5.41 Å². The lowest BCUT2D eigenvalue weighted by atomic mass is 9.67. The largest absolute Gasteiger partial charge is 0.456 e. The molecule has 11 aromatic rings. The Labute approximate surface area is 324 Å². The summed E-state index contributed by atoms with van der Waals surface area (Å²) in [7, 11) is 0. The summed E-state index contributed by atoms with van der Waals surface area (Å²) in [4.78, 5) is 0. The normalized spacial score (nSPS) is 13.1. The van der Waals surface area contributed by atoms with Crippen molar-refractivity contribution < 1.29 is 4.42 Å². The zero-order valence-corrected chi connectivity index (χ0v) is 30.5. The molecule has 0 N–H and O–H groups in total. The molecule has 56 heavy (non-hydrogen) atoms. The first-order chi connectivity index (χ1) is 27.7. The van der Waals surface area contributed by atoms with E-state index in [0.717, 1.165) is 21.9 Å². The van der Waals surface area contributed by atoms with E-state index >= 15 is 0 Å². The van der Waals surface area contributed by atoms with Gasteiger partial charge in [-0.1, -0.05) is 164 Å². The van der Waals surface area contributed by atoms with E-state index in [0.29, 0.717) is 0 Å². The molecule has 1 nitrogen and oxygen atoms in total. The Bertz CT molecular complexity index is 3310. The number of rotatable bonds is 4. The molecule has 1 heteroatoms. The molecule has 0 fully saturated rings. The lowest BCUT2D eigenvalue weighted by molar-refractivity contribution is 0.669. The van der Waals surface area contributed by atoms with Crippen molar-refractivity contribution >= 4 is 54.3 Å². The molecule has 0 spiro atoms. The minimum absolute atomic E-state index is 0.559. The summed E-state index contributed by atoms with van der Waals surface area (Å²) in [5.41, 5.74) is 13.7. The highest BCUT2D eigenvalue weighted by atomic mass is 16.3. The van der Waals surface area contributed by atoms with Crippen molar-refractivity contribution in [3.05, 3.63) is 229 Å². The zero-order valence-electron chi connectivity index (χ0n) is 30.5. The van der Waals surface area contributed by atoms with E-state index in [-0.39, 0.29) is 0 Å². The van der Waals surface area contributed by atoms with Crippen molar-refractivity contribution in [2.24, 2.45) is 0 Å². The van der Waals surface area contributed by atoms with E-state index in [1.807, 2.05) is 0 Å². The molecule has 1 aromatic heterocycles. The van der Waals surface area contributed by atoms with Gasteiger partial charge < -0.3 is 4.42 Å². The maximum Gasteiger partial charge on any atom is 0.136 e. The van der Waals surface area contributed by atoms with Crippen molar-refractivity contribution in [3.63, 3.8) is 0 Å². The standard InChI is InChI=1S/C55H34O/c1-3-18-42(19-4-1)55(43-20-5-2-6-21-43)50-32-41(45-23-12-24-52-54(45)49-30-37-15-9-10-16-38(37)33-53(49)56-52)27-28-46(50)48-31-39-17-11-22-44(47(39)34-51(48)55)40-26-25-35-13-7-8-14-36(35)29-40/h1-34H. The van der Waals surface area contributed by atoms with Crippen LogP contribution in [0.15, 0.2) is 211 Å². The second-order valence-electron chi connectivity index (χ2n) is 15.2. The quantitative estimate of drug-likeness (QED) is 0.177. The van der Waals surface area contributed by atoms with Crippen LogP contribution >= 0.6 is 0 Å². The fourth-order valence-electron chi connectivity index (χ4n) is 9.79. The number of fused-ring (bicyclic) bond motifs is 9. The lowest BCUT2D eigenvalue weighted by Crippen LogP contribution is -2.28. The molecule has 1 heterocycles. The topological polar surface area (TPSA) is 13.1 Å². The summed E-state index contributed by atoms with van der Waals surface area (Å²) < 4.78 is 6.56. The first-order valence-electron chi connectivity index (χ1n) is 19.4. The van der Waals surface area contributed by atoms with E-state index in [1.54, 1.807) is 0 Å². The van der Waals surface area contributed by atoms with Crippen LogP contribution in [0.3, 0.4) is 0 Å². The Hall–Kier alpha value is -7.22. The molecule has 0 saturated heterocycles. The molecular weight excluding hydrogens is 677 g/mol. The van der Waals surface area contributed by atoms with Gasteiger partial charge in [0.25, 0.3) is 0 Å². The van der Waals surface area contributed by atoms with Gasteiger partial charge in [-0.15, -0.1) is 0 Å². The van der Waals surface area contributed by atoms with Crippen LogP contribution in [0.5, 0.6) is 0 Å². The molecule has 0 aliphatic heterocycles. The van der Waals surface area contributed by atoms with Gasteiger partial charge >= 0.3 is 0 Å². The average molecular weight is 711 g/mol. The van der Waals surface area contributed by atoms with Crippen molar-refractivity contribution in [3.8, 4) is 33.4 Å². The maximum atomic E-state index is 6.56. The number of furan rings is 1. The highest BCUT2D eigenvalue weighted by Gasteiger charge is 2.46. The van der Waals surface area contributed by atoms with Crippen LogP contribution in [0.4, 0.5) is 0 Å². The second-order valence-corrected chi connectivity index (χ2v) is 15.2. The van der Waals surface area contributed by atoms with Crippen LogP contribution in [0.1, 0.15) is 22.3 Å². The Kier molecular flexibility index (Phi) is 6.62. The average Bonchev–Trinajstić information content (AvgIpc) is 3.77. The summed E-state index contributed by atoms with van der Waals surface area (Å²) in [5, 5.41) is 9.69. The van der Waals surface area contributed by atoms with Gasteiger partial charge in [-0.25, -0.2) is 0 Å². The van der Waals surface area contributed by atoms with E-state index in [9.17, 15) is 0 Å². The first kappa shape index (κ1) is 31.2. The Morgan fingerprint density at radius 3 is 1.66 bits per heavy atom. The first-order valence-corrected chi connectivity index (χ1v) is 19.4. The fraction of sp³-hybridized carbons (Fsp3) is 0.0182. The van der Waals surface area contributed by atoms with Crippen LogP contribution in [0, 0.1) is 0 Å². The number of hydrogen-bond donors (Lipinski definition) is 0. The summed E-state index contributed by atoms with van der Waals surface area (Å²) >= 11 is 0. The van der Waals surface area contributed by atoms with Gasteiger partial charge in [0.05, 0.1) is 5.41 Å². The number of benzene rings is 10. The molecule has 1 aliphatic rings. The minimum atomic E-state index is -0.559. The Morgan fingerprint density at radius 2 is 0.893 bits per heavy atom. The van der Waals surface area contributed by atoms with Crippen molar-refractivity contribution in [1.29, 1.82) is 0 Å². The monoisotopic (exact) mass is 710 g/mol. The zero-order chi connectivity index (χ0) is 36.8. The third kappa shape index (κ3) is 4.43. The van der Waals surface area contributed by atoms with Gasteiger partial charge in [-0.3, -0.25) is 0 Å². The fourth-order valence-corrected chi connectivity index (χ4v) is 9.79. The SMILES string of the molecule is c1ccc(C2(c3ccccc3)c3cc(-c4cccc5oc6cc7ccccc7cc6c45)ccc3-c3cc4cccc(-c5ccc6ccccc6c5)c4cc32)cc1. The van der Waals surface area contributed by atoms with Crippen molar-refractivity contribution in [2.45, 2.75) is 5.41 Å². The van der Waals surface area contributed by atoms with Gasteiger partial charge in [-0.05, 0) is 130 Å². The molecular formula is C55H34O. The highest BCUT2D eigenvalue weighted by molar-refractivity contribution is 6.16. The predicted molar refractivity (Wildman–Crippen MR) is 234 cm³/mol. The molecule has 0 bridgehead atoms. The van der Waals surface area contributed by atoms with Crippen LogP contribution in [-0.4, -0.2) is 0 Å². The molecule has 0 unspecified atom stereocenters. The molecule has 0 atom stereocenters. The van der Waals surface area contributed by atoms with Gasteiger partial charge in [0.1, 0.15) is 11.2 Å². The summed E-state index contributed by atoms with van der Waals surface area (Å²) in [6, 6.07) is 76.1. The molecule has 0 saturated carbocycles. The summed E-state index contributed by atoms with van der Waals surface area (Å²) in [6.07, 6.45) is 0. The number of hydrogen-bond acceptors (Lipinski definition) is 1. The second kappa shape index (κ2) is 11.9.